The Hall–Kier alpha value is -2.47. The first kappa shape index (κ1) is 17.0. The van der Waals surface area contributed by atoms with E-state index >= 15 is 0 Å². The highest BCUT2D eigenvalue weighted by atomic mass is 32.2. The van der Waals surface area contributed by atoms with Crippen molar-refractivity contribution in [2.24, 2.45) is 0 Å². The zero-order valence-corrected chi connectivity index (χ0v) is 15.1. The molecule has 2 atom stereocenters. The number of rotatable bonds is 6. The average Bonchev–Trinajstić information content (AvgIpc) is 3.19. The summed E-state index contributed by atoms with van der Waals surface area (Å²) in [6, 6.07) is 16.2. The molecule has 0 radical (unpaired) electrons. The Bertz CT molecular complexity index is 822. The van der Waals surface area contributed by atoms with Crippen molar-refractivity contribution in [2.75, 3.05) is 18.5 Å². The first-order valence-electron chi connectivity index (χ1n) is 8.75. The van der Waals surface area contributed by atoms with E-state index in [1.54, 1.807) is 0 Å². The van der Waals surface area contributed by atoms with Crippen molar-refractivity contribution >= 4 is 28.6 Å². The Morgan fingerprint density at radius 2 is 1.88 bits per heavy atom. The van der Waals surface area contributed by atoms with Crippen LogP contribution < -0.4 is 15.4 Å². The molecule has 1 fully saturated rings. The summed E-state index contributed by atoms with van der Waals surface area (Å²) in [4.78, 5) is 22.8. The Labute approximate surface area is 156 Å². The van der Waals surface area contributed by atoms with Crippen LogP contribution in [0.25, 0.3) is 0 Å². The number of ether oxygens (including phenoxy) is 1. The fraction of sp³-hybridized carbons (Fsp3) is 0.300. The minimum absolute atomic E-state index is 0.203. The van der Waals surface area contributed by atoms with Crippen LogP contribution in [0, 0.1) is 0 Å². The molecule has 0 aliphatic carbocycles. The van der Waals surface area contributed by atoms with Crippen molar-refractivity contribution in [3.05, 3.63) is 59.7 Å². The zero-order chi connectivity index (χ0) is 17.9. The van der Waals surface area contributed by atoms with Crippen molar-refractivity contribution in [1.29, 1.82) is 0 Å². The predicted octanol–water partition coefficient (Wildman–Crippen LogP) is 3.56. The van der Waals surface area contributed by atoms with E-state index in [2.05, 4.69) is 34.9 Å². The molecule has 2 N–H and O–H groups in total. The maximum absolute atomic E-state index is 11.6. The average molecular weight is 368 g/mol. The van der Waals surface area contributed by atoms with Gasteiger partial charge in [0.2, 0.25) is 5.91 Å². The molecule has 0 saturated carbocycles. The number of amides is 2. The lowest BCUT2D eigenvalue weighted by Gasteiger charge is -2.12. The van der Waals surface area contributed by atoms with E-state index in [1.165, 1.54) is 11.3 Å². The molecule has 2 aromatic rings. The van der Waals surface area contributed by atoms with Crippen LogP contribution in [0.2, 0.25) is 0 Å². The van der Waals surface area contributed by atoms with Crippen LogP contribution >= 0.6 is 11.8 Å². The lowest BCUT2D eigenvalue weighted by atomic mass is 9.98. The molecule has 0 spiro atoms. The maximum atomic E-state index is 11.6. The van der Waals surface area contributed by atoms with E-state index in [1.807, 2.05) is 24.3 Å². The van der Waals surface area contributed by atoms with Crippen LogP contribution in [0.4, 0.5) is 10.5 Å². The molecule has 134 valence electrons. The summed E-state index contributed by atoms with van der Waals surface area (Å²) in [5, 5.41) is 5.16. The molecular weight excluding hydrogens is 348 g/mol. The summed E-state index contributed by atoms with van der Waals surface area (Å²) < 4.78 is 5.88. The molecule has 26 heavy (non-hydrogen) atoms. The molecule has 1 saturated heterocycles. The fourth-order valence-electron chi connectivity index (χ4n) is 3.40. The smallest absolute Gasteiger partial charge is 0.286 e. The number of anilines is 1. The monoisotopic (exact) mass is 368 g/mol. The summed E-state index contributed by atoms with van der Waals surface area (Å²) in [6.45, 7) is 1.62. The molecule has 2 unspecified atom stereocenters. The van der Waals surface area contributed by atoms with Gasteiger partial charge < -0.3 is 10.1 Å². The lowest BCUT2D eigenvalue weighted by Crippen LogP contribution is -2.25. The summed E-state index contributed by atoms with van der Waals surface area (Å²) in [7, 11) is 0. The van der Waals surface area contributed by atoms with Crippen LogP contribution in [0.5, 0.6) is 5.75 Å². The molecule has 0 bridgehead atoms. The van der Waals surface area contributed by atoms with Gasteiger partial charge in [-0.1, -0.05) is 42.1 Å². The summed E-state index contributed by atoms with van der Waals surface area (Å²) in [6.07, 6.45) is 1.51. The third-order valence-electron chi connectivity index (χ3n) is 4.79. The molecule has 2 amide bonds. The molecule has 2 aliphatic rings. The van der Waals surface area contributed by atoms with Gasteiger partial charge in [-0.2, -0.15) is 0 Å². The van der Waals surface area contributed by atoms with Crippen LogP contribution in [0.3, 0.4) is 0 Å². The van der Waals surface area contributed by atoms with Gasteiger partial charge in [0.25, 0.3) is 5.24 Å². The minimum atomic E-state index is -0.329. The van der Waals surface area contributed by atoms with Crippen LogP contribution in [-0.2, 0) is 11.2 Å². The number of carbonyl (C=O) groups excluding carboxylic acids is 2. The van der Waals surface area contributed by atoms with Crippen molar-refractivity contribution in [3.8, 4) is 5.75 Å². The highest BCUT2D eigenvalue weighted by molar-refractivity contribution is 8.15. The lowest BCUT2D eigenvalue weighted by molar-refractivity contribution is -0.118. The minimum Gasteiger partial charge on any atom is -0.494 e. The number of carbonyl (C=O) groups is 2. The maximum Gasteiger partial charge on any atom is 0.286 e. The Kier molecular flexibility index (Phi) is 4.84. The number of para-hydroxylation sites is 1. The van der Waals surface area contributed by atoms with Gasteiger partial charge in [-0.05, 0) is 42.2 Å². The third-order valence-corrected chi connectivity index (χ3v) is 5.77. The molecule has 0 aromatic heterocycles. The van der Waals surface area contributed by atoms with Crippen molar-refractivity contribution in [3.63, 3.8) is 0 Å². The second-order valence-electron chi connectivity index (χ2n) is 6.53. The molecule has 2 heterocycles. The molecule has 5 nitrogen and oxygen atoms in total. The normalized spacial score (nSPS) is 21.2. The second kappa shape index (κ2) is 7.41. The van der Waals surface area contributed by atoms with Gasteiger partial charge in [0.1, 0.15) is 5.75 Å². The van der Waals surface area contributed by atoms with Crippen molar-refractivity contribution in [1.82, 2.24) is 5.32 Å². The van der Waals surface area contributed by atoms with Gasteiger partial charge in [0, 0.05) is 18.2 Å². The van der Waals surface area contributed by atoms with Gasteiger partial charge in [0.05, 0.1) is 11.9 Å². The van der Waals surface area contributed by atoms with Gasteiger partial charge in [-0.25, -0.2) is 0 Å². The van der Waals surface area contributed by atoms with Gasteiger partial charge in [-0.15, -0.1) is 0 Å². The highest BCUT2D eigenvalue weighted by Gasteiger charge is 2.31. The largest absolute Gasteiger partial charge is 0.494 e. The predicted molar refractivity (Wildman–Crippen MR) is 103 cm³/mol. The van der Waals surface area contributed by atoms with Crippen LogP contribution in [-0.4, -0.2) is 29.5 Å². The number of hydrogen-bond donors (Lipinski definition) is 2. The highest BCUT2D eigenvalue weighted by Crippen LogP contribution is 2.33. The molecule has 2 aliphatic heterocycles. The van der Waals surface area contributed by atoms with E-state index < -0.39 is 0 Å². The van der Waals surface area contributed by atoms with E-state index in [9.17, 15) is 9.59 Å². The fourth-order valence-corrected chi connectivity index (χ4v) is 4.26. The summed E-state index contributed by atoms with van der Waals surface area (Å²) >= 11 is 1.06. The number of fused-ring (bicyclic) bond motifs is 1. The Morgan fingerprint density at radius 3 is 2.65 bits per heavy atom. The molecule has 2 aromatic carbocycles. The van der Waals surface area contributed by atoms with Crippen molar-refractivity contribution in [2.45, 2.75) is 24.0 Å². The first-order valence-corrected chi connectivity index (χ1v) is 9.63. The Balaban J connectivity index is 1.27. The summed E-state index contributed by atoms with van der Waals surface area (Å²) in [5.41, 5.74) is 3.62. The van der Waals surface area contributed by atoms with Gasteiger partial charge >= 0.3 is 0 Å². The van der Waals surface area contributed by atoms with E-state index in [0.717, 1.165) is 36.0 Å². The standard InChI is InChI=1S/C20H20N2O3S/c23-19-18(26-20(24)22-19)11-13-5-7-15(8-6-13)25-10-9-14-12-21-17-4-2-1-3-16(14)17/h1-8,14,18,21H,9-12H2,(H,22,23,24). The van der Waals surface area contributed by atoms with E-state index in [4.69, 9.17) is 4.74 Å². The summed E-state index contributed by atoms with van der Waals surface area (Å²) in [5.74, 6) is 1.11. The van der Waals surface area contributed by atoms with Gasteiger partial charge in [0.15, 0.2) is 0 Å². The molecule has 6 heteroatoms. The zero-order valence-electron chi connectivity index (χ0n) is 14.2. The number of thioether (sulfide) groups is 1. The topological polar surface area (TPSA) is 67.4 Å². The first-order chi connectivity index (χ1) is 12.7. The van der Waals surface area contributed by atoms with Crippen LogP contribution in [0.1, 0.15) is 23.5 Å². The number of nitrogens with one attached hydrogen (secondary N) is 2. The third kappa shape index (κ3) is 3.70. The number of benzene rings is 2. The van der Waals surface area contributed by atoms with E-state index in [0.29, 0.717) is 18.9 Å². The second-order valence-corrected chi connectivity index (χ2v) is 7.71. The Morgan fingerprint density at radius 1 is 1.08 bits per heavy atom. The van der Waals surface area contributed by atoms with Crippen molar-refractivity contribution < 1.29 is 14.3 Å². The quantitative estimate of drug-likeness (QED) is 0.816. The van der Waals surface area contributed by atoms with Crippen LogP contribution in [0.15, 0.2) is 48.5 Å². The molecular formula is C20H20N2O3S. The van der Waals surface area contributed by atoms with E-state index in [-0.39, 0.29) is 16.4 Å². The molecule has 4 rings (SSSR count). The number of hydrogen-bond acceptors (Lipinski definition) is 5. The number of imide groups is 1. The van der Waals surface area contributed by atoms with Gasteiger partial charge in [-0.3, -0.25) is 14.9 Å². The SMILES string of the molecule is O=C1NC(=O)C(Cc2ccc(OCCC3CNc4ccccc43)cc2)S1.